The van der Waals surface area contributed by atoms with E-state index in [1.165, 1.54) is 12.1 Å². The van der Waals surface area contributed by atoms with E-state index in [1.54, 1.807) is 0 Å². The lowest BCUT2D eigenvalue weighted by Crippen LogP contribution is -2.24. The van der Waals surface area contributed by atoms with E-state index in [2.05, 4.69) is 43.8 Å². The number of hydrogen-bond donors (Lipinski definition) is 1. The van der Waals surface area contributed by atoms with Crippen molar-refractivity contribution in [2.24, 2.45) is 0 Å². The van der Waals surface area contributed by atoms with Gasteiger partial charge in [-0.25, -0.2) is 8.78 Å². The minimum atomic E-state index is -0.561. The van der Waals surface area contributed by atoms with Crippen LogP contribution in [0.4, 0.5) is 8.78 Å². The molecule has 0 fully saturated rings. The van der Waals surface area contributed by atoms with Gasteiger partial charge in [-0.1, -0.05) is 19.1 Å². The van der Waals surface area contributed by atoms with E-state index >= 15 is 0 Å². The van der Waals surface area contributed by atoms with Crippen LogP contribution in [0.2, 0.25) is 0 Å². The van der Waals surface area contributed by atoms with Crippen LogP contribution in [0.5, 0.6) is 0 Å². The minimum absolute atomic E-state index is 0.0439. The van der Waals surface area contributed by atoms with Gasteiger partial charge < -0.3 is 5.32 Å². The van der Waals surface area contributed by atoms with Crippen molar-refractivity contribution >= 4 is 38.5 Å². The van der Waals surface area contributed by atoms with E-state index in [0.29, 0.717) is 6.54 Å². The summed E-state index contributed by atoms with van der Waals surface area (Å²) in [5, 5.41) is 3.14. The highest BCUT2D eigenvalue weighted by Gasteiger charge is 2.22. The molecule has 1 unspecified atom stereocenters. The van der Waals surface area contributed by atoms with E-state index in [-0.39, 0.29) is 10.0 Å². The summed E-state index contributed by atoms with van der Waals surface area (Å²) >= 11 is 5.31. The molecule has 0 aliphatic heterocycles. The first-order chi connectivity index (χ1) is 9.54. The lowest BCUT2D eigenvalue weighted by molar-refractivity contribution is 0.507. The molecule has 0 aliphatic carbocycles. The molecular weight excluding hydrogens is 439 g/mol. The highest BCUT2D eigenvalue weighted by atomic mass is 127. The molecule has 5 heteroatoms. The van der Waals surface area contributed by atoms with E-state index in [9.17, 15) is 8.78 Å². The predicted molar refractivity (Wildman–Crippen MR) is 88.7 cm³/mol. The lowest BCUT2D eigenvalue weighted by Gasteiger charge is -2.20. The zero-order valence-electron chi connectivity index (χ0n) is 10.8. The van der Waals surface area contributed by atoms with Crippen molar-refractivity contribution in [1.29, 1.82) is 0 Å². The highest BCUT2D eigenvalue weighted by Crippen LogP contribution is 2.31. The third kappa shape index (κ3) is 3.38. The Labute approximate surface area is 139 Å². The van der Waals surface area contributed by atoms with Crippen molar-refractivity contribution in [3.63, 3.8) is 0 Å². The Bertz CT molecular complexity index is 602. The largest absolute Gasteiger partial charge is 0.306 e. The monoisotopic (exact) mass is 451 g/mol. The summed E-state index contributed by atoms with van der Waals surface area (Å²) in [5.41, 5.74) is 0.880. The molecule has 0 bridgehead atoms. The zero-order chi connectivity index (χ0) is 14.7. The Morgan fingerprint density at radius 3 is 2.40 bits per heavy atom. The molecule has 0 heterocycles. The Morgan fingerprint density at radius 2 is 1.80 bits per heavy atom. The molecule has 0 amide bonds. The molecule has 1 nitrogen and oxygen atoms in total. The van der Waals surface area contributed by atoms with Crippen molar-refractivity contribution < 1.29 is 8.78 Å². The molecule has 2 aromatic rings. The average Bonchev–Trinajstić information content (AvgIpc) is 2.43. The maximum atomic E-state index is 14.3. The average molecular weight is 452 g/mol. The zero-order valence-corrected chi connectivity index (χ0v) is 14.5. The van der Waals surface area contributed by atoms with E-state index in [4.69, 9.17) is 0 Å². The van der Waals surface area contributed by atoms with Gasteiger partial charge in [0.15, 0.2) is 0 Å². The summed E-state index contributed by atoms with van der Waals surface area (Å²) in [7, 11) is 0. The number of rotatable bonds is 4. The SMILES string of the molecule is CCNC(c1ccc(I)cc1)c1c(F)ccc(Br)c1F. The predicted octanol–water partition coefficient (Wildman–Crippen LogP) is 5.03. The topological polar surface area (TPSA) is 12.0 Å². The second-order valence-corrected chi connectivity index (χ2v) is 6.40. The quantitative estimate of drug-likeness (QED) is 0.507. The second kappa shape index (κ2) is 6.95. The summed E-state index contributed by atoms with van der Waals surface area (Å²) in [6.07, 6.45) is 0. The molecule has 0 spiro atoms. The van der Waals surface area contributed by atoms with Crippen molar-refractivity contribution in [3.05, 3.63) is 67.2 Å². The molecule has 0 radical (unpaired) electrons. The van der Waals surface area contributed by atoms with Crippen LogP contribution < -0.4 is 5.32 Å². The fourth-order valence-corrected chi connectivity index (χ4v) is 2.76. The van der Waals surface area contributed by atoms with Gasteiger partial charge in [-0.3, -0.25) is 0 Å². The fourth-order valence-electron chi connectivity index (χ4n) is 2.05. The molecular formula is C15H13BrF2IN. The molecule has 0 aromatic heterocycles. The van der Waals surface area contributed by atoms with E-state index in [0.717, 1.165) is 9.13 Å². The molecule has 2 rings (SSSR count). The van der Waals surface area contributed by atoms with Gasteiger partial charge in [0.25, 0.3) is 0 Å². The van der Waals surface area contributed by atoms with Crippen molar-refractivity contribution in [2.75, 3.05) is 6.54 Å². The van der Waals surface area contributed by atoms with Gasteiger partial charge in [0.05, 0.1) is 10.5 Å². The first-order valence-electron chi connectivity index (χ1n) is 6.16. The molecule has 0 saturated heterocycles. The molecule has 0 aliphatic rings. The van der Waals surface area contributed by atoms with Crippen molar-refractivity contribution in [2.45, 2.75) is 13.0 Å². The van der Waals surface area contributed by atoms with Gasteiger partial charge in [-0.15, -0.1) is 0 Å². The van der Waals surface area contributed by atoms with E-state index < -0.39 is 17.7 Å². The molecule has 20 heavy (non-hydrogen) atoms. The second-order valence-electron chi connectivity index (χ2n) is 4.30. The van der Waals surface area contributed by atoms with Crippen LogP contribution in [0.25, 0.3) is 0 Å². The smallest absolute Gasteiger partial charge is 0.145 e. The lowest BCUT2D eigenvalue weighted by atomic mass is 9.97. The first kappa shape index (κ1) is 15.9. The van der Waals surface area contributed by atoms with Gasteiger partial charge in [-0.2, -0.15) is 0 Å². The number of nitrogens with one attached hydrogen (secondary N) is 1. The Morgan fingerprint density at radius 1 is 1.15 bits per heavy atom. The van der Waals surface area contributed by atoms with Crippen molar-refractivity contribution in [3.8, 4) is 0 Å². The normalized spacial score (nSPS) is 12.4. The van der Waals surface area contributed by atoms with Gasteiger partial charge in [0, 0.05) is 9.13 Å². The summed E-state index contributed by atoms with van der Waals surface area (Å²) in [6.45, 7) is 2.52. The van der Waals surface area contributed by atoms with Crippen LogP contribution in [0, 0.1) is 15.2 Å². The van der Waals surface area contributed by atoms with Gasteiger partial charge in [-0.05, 0) is 74.9 Å². The minimum Gasteiger partial charge on any atom is -0.306 e. The standard InChI is InChI=1S/C15H13BrF2IN/c1-2-20-15(9-3-5-10(19)6-4-9)13-12(17)8-7-11(16)14(13)18/h3-8,15,20H,2H2,1H3. The number of halogens is 4. The van der Waals surface area contributed by atoms with Crippen LogP contribution in [-0.4, -0.2) is 6.54 Å². The molecule has 0 saturated carbocycles. The van der Waals surface area contributed by atoms with Gasteiger partial charge in [0.2, 0.25) is 0 Å². The van der Waals surface area contributed by atoms with Crippen LogP contribution in [0.1, 0.15) is 24.1 Å². The van der Waals surface area contributed by atoms with E-state index in [1.807, 2.05) is 31.2 Å². The summed E-state index contributed by atoms with van der Waals surface area (Å²) in [6, 6.07) is 9.77. The Balaban J connectivity index is 2.54. The molecule has 2 aromatic carbocycles. The first-order valence-corrected chi connectivity index (χ1v) is 8.04. The van der Waals surface area contributed by atoms with Crippen LogP contribution in [0.3, 0.4) is 0 Å². The van der Waals surface area contributed by atoms with Crippen molar-refractivity contribution in [1.82, 2.24) is 5.32 Å². The third-order valence-corrected chi connectivity index (χ3v) is 4.31. The number of benzene rings is 2. The fraction of sp³-hybridized carbons (Fsp3) is 0.200. The maximum Gasteiger partial charge on any atom is 0.145 e. The summed E-state index contributed by atoms with van der Waals surface area (Å²) in [5.74, 6) is -1.11. The summed E-state index contributed by atoms with van der Waals surface area (Å²) in [4.78, 5) is 0. The maximum absolute atomic E-state index is 14.3. The molecule has 1 N–H and O–H groups in total. The number of hydrogen-bond acceptors (Lipinski definition) is 1. The Kier molecular flexibility index (Phi) is 5.51. The summed E-state index contributed by atoms with van der Waals surface area (Å²) < 4.78 is 29.7. The molecule has 106 valence electrons. The van der Waals surface area contributed by atoms with Crippen LogP contribution in [-0.2, 0) is 0 Å². The van der Waals surface area contributed by atoms with Crippen LogP contribution in [0.15, 0.2) is 40.9 Å². The molecule has 1 atom stereocenters. The van der Waals surface area contributed by atoms with Gasteiger partial charge in [0.1, 0.15) is 11.6 Å². The third-order valence-electron chi connectivity index (χ3n) is 2.98. The van der Waals surface area contributed by atoms with Gasteiger partial charge >= 0.3 is 0 Å². The Hall–Kier alpha value is -0.530. The van der Waals surface area contributed by atoms with Crippen LogP contribution >= 0.6 is 38.5 Å². The highest BCUT2D eigenvalue weighted by molar-refractivity contribution is 14.1.